The van der Waals surface area contributed by atoms with Gasteiger partial charge in [0.15, 0.2) is 11.5 Å². The average molecular weight is 456 g/mol. The number of benzene rings is 2. The van der Waals surface area contributed by atoms with E-state index in [0.29, 0.717) is 17.9 Å². The molecular weight excluding hydrogens is 428 g/mol. The second-order valence-corrected chi connectivity index (χ2v) is 7.52. The number of nitro benzene ring substituents is 1. The third-order valence-corrected chi connectivity index (χ3v) is 5.43. The van der Waals surface area contributed by atoms with Crippen LogP contribution >= 0.6 is 0 Å². The summed E-state index contributed by atoms with van der Waals surface area (Å²) in [6, 6.07) is 10.4. The first-order chi connectivity index (χ1) is 15.9. The molecule has 0 atom stereocenters. The van der Waals surface area contributed by atoms with Crippen LogP contribution < -0.4 is 20.5 Å². The normalized spacial score (nSPS) is 10.9. The number of nitrogens with zero attached hydrogens (tertiary/aromatic N) is 3. The van der Waals surface area contributed by atoms with Gasteiger partial charge in [-0.25, -0.2) is 4.79 Å². The Morgan fingerprint density at radius 1 is 1.06 bits per heavy atom. The molecule has 1 heterocycles. The molecule has 0 saturated carbocycles. The minimum Gasteiger partial charge on any atom is -0.493 e. The topological polar surface area (TPSA) is 118 Å². The summed E-state index contributed by atoms with van der Waals surface area (Å²) in [4.78, 5) is 36.2. The maximum atomic E-state index is 12.8. The molecule has 10 heteroatoms. The number of fused-ring (bicyclic) bond motifs is 1. The lowest BCUT2D eigenvalue weighted by atomic mass is 10.1. The quantitative estimate of drug-likeness (QED) is 0.350. The van der Waals surface area contributed by atoms with Crippen LogP contribution in [0.3, 0.4) is 0 Å². The number of carbonyl (C=O) groups excluding carboxylic acids is 1. The summed E-state index contributed by atoms with van der Waals surface area (Å²) in [6.45, 7) is 3.08. The van der Waals surface area contributed by atoms with Gasteiger partial charge in [-0.05, 0) is 31.0 Å². The van der Waals surface area contributed by atoms with Gasteiger partial charge in [-0.15, -0.1) is 0 Å². The predicted octanol–water partition coefficient (Wildman–Crippen LogP) is 2.89. The van der Waals surface area contributed by atoms with Crippen molar-refractivity contribution in [1.29, 1.82) is 0 Å². The van der Waals surface area contributed by atoms with Gasteiger partial charge in [0.25, 0.3) is 5.69 Å². The van der Waals surface area contributed by atoms with E-state index < -0.39 is 4.92 Å². The fraction of sp³-hybridized carbons (Fsp3) is 0.391. The number of hydrogen-bond donors (Lipinski definition) is 1. The van der Waals surface area contributed by atoms with E-state index in [-0.39, 0.29) is 49.0 Å². The van der Waals surface area contributed by atoms with E-state index in [9.17, 15) is 19.7 Å². The van der Waals surface area contributed by atoms with Crippen LogP contribution in [0.1, 0.15) is 25.3 Å². The van der Waals surface area contributed by atoms with E-state index in [2.05, 4.69) is 5.32 Å². The second kappa shape index (κ2) is 10.7. The van der Waals surface area contributed by atoms with E-state index in [1.807, 2.05) is 31.2 Å². The molecule has 3 rings (SSSR count). The first-order valence-electron chi connectivity index (χ1n) is 10.7. The monoisotopic (exact) mass is 456 g/mol. The van der Waals surface area contributed by atoms with Gasteiger partial charge >= 0.3 is 5.69 Å². The van der Waals surface area contributed by atoms with Crippen molar-refractivity contribution in [2.45, 2.75) is 39.3 Å². The molecule has 0 bridgehead atoms. The number of nitro groups is 1. The molecule has 10 nitrogen and oxygen atoms in total. The Morgan fingerprint density at radius 2 is 1.67 bits per heavy atom. The third kappa shape index (κ3) is 5.16. The number of methoxy groups -OCH3 is 2. The van der Waals surface area contributed by atoms with Crippen LogP contribution in [0.15, 0.2) is 41.2 Å². The zero-order chi connectivity index (χ0) is 24.0. The summed E-state index contributed by atoms with van der Waals surface area (Å²) in [5, 5.41) is 14.2. The lowest BCUT2D eigenvalue weighted by Crippen LogP contribution is -2.29. The van der Waals surface area contributed by atoms with Gasteiger partial charge in [0, 0.05) is 31.6 Å². The highest BCUT2D eigenvalue weighted by molar-refractivity contribution is 5.78. The Hall–Kier alpha value is -3.82. The smallest absolute Gasteiger partial charge is 0.329 e. The van der Waals surface area contributed by atoms with Crippen LogP contribution in [0, 0.1) is 10.1 Å². The number of imidazole rings is 1. The lowest BCUT2D eigenvalue weighted by Gasteiger charge is -2.11. The van der Waals surface area contributed by atoms with E-state index >= 15 is 0 Å². The van der Waals surface area contributed by atoms with Crippen molar-refractivity contribution in [3.8, 4) is 11.5 Å². The molecule has 0 aliphatic carbocycles. The molecule has 1 amide bonds. The molecule has 1 N–H and O–H groups in total. The number of carbonyl (C=O) groups is 1. The Kier molecular flexibility index (Phi) is 7.70. The number of hydrogen-bond acceptors (Lipinski definition) is 6. The van der Waals surface area contributed by atoms with Gasteiger partial charge in [0.05, 0.1) is 36.2 Å². The van der Waals surface area contributed by atoms with Crippen molar-refractivity contribution in [1.82, 2.24) is 14.5 Å². The Morgan fingerprint density at radius 3 is 2.24 bits per heavy atom. The molecule has 0 unspecified atom stereocenters. The second-order valence-electron chi connectivity index (χ2n) is 7.52. The zero-order valence-electron chi connectivity index (χ0n) is 19.0. The number of amides is 1. The molecule has 33 heavy (non-hydrogen) atoms. The SMILES string of the molecule is CCCn1c(=O)n(CCC(=O)NCCc2cc(OC)c(OC)cc2[N+](=O)[O-])c2ccccc21. The number of nitrogens with one attached hydrogen (secondary N) is 1. The van der Waals surface area contributed by atoms with Gasteiger partial charge in [0.2, 0.25) is 5.91 Å². The molecule has 0 aliphatic rings. The minimum absolute atomic E-state index is 0.0998. The molecule has 1 aromatic heterocycles. The first-order valence-corrected chi connectivity index (χ1v) is 10.7. The van der Waals surface area contributed by atoms with Gasteiger partial charge in [0.1, 0.15) is 0 Å². The van der Waals surface area contributed by atoms with Gasteiger partial charge in [-0.3, -0.25) is 24.0 Å². The van der Waals surface area contributed by atoms with Crippen molar-refractivity contribution in [2.24, 2.45) is 0 Å². The van der Waals surface area contributed by atoms with Crippen molar-refractivity contribution in [3.05, 3.63) is 62.6 Å². The van der Waals surface area contributed by atoms with Crippen molar-refractivity contribution in [3.63, 3.8) is 0 Å². The van der Waals surface area contributed by atoms with Crippen LogP contribution in [0.25, 0.3) is 11.0 Å². The summed E-state index contributed by atoms with van der Waals surface area (Å²) >= 11 is 0. The maximum Gasteiger partial charge on any atom is 0.329 e. The molecule has 2 aromatic carbocycles. The van der Waals surface area contributed by atoms with Gasteiger partial charge in [-0.2, -0.15) is 0 Å². The van der Waals surface area contributed by atoms with Crippen LogP contribution in [-0.2, 0) is 24.3 Å². The Bertz CT molecular complexity index is 1210. The summed E-state index contributed by atoms with van der Waals surface area (Å²) in [6.07, 6.45) is 1.20. The number of para-hydroxylation sites is 2. The first kappa shape index (κ1) is 23.8. The highest BCUT2D eigenvalue weighted by atomic mass is 16.6. The Balaban J connectivity index is 1.65. The molecule has 0 saturated heterocycles. The average Bonchev–Trinajstić information content (AvgIpc) is 3.08. The zero-order valence-corrected chi connectivity index (χ0v) is 19.0. The highest BCUT2D eigenvalue weighted by Crippen LogP contribution is 2.34. The van der Waals surface area contributed by atoms with Crippen molar-refractivity contribution >= 4 is 22.6 Å². The van der Waals surface area contributed by atoms with Gasteiger partial charge < -0.3 is 14.8 Å². The summed E-state index contributed by atoms with van der Waals surface area (Å²) < 4.78 is 13.7. The molecule has 0 fully saturated rings. The fourth-order valence-electron chi connectivity index (χ4n) is 3.85. The maximum absolute atomic E-state index is 12.8. The highest BCUT2D eigenvalue weighted by Gasteiger charge is 2.19. The van der Waals surface area contributed by atoms with Crippen LogP contribution in [-0.4, -0.2) is 40.7 Å². The van der Waals surface area contributed by atoms with Crippen LogP contribution in [0.2, 0.25) is 0 Å². The third-order valence-electron chi connectivity index (χ3n) is 5.43. The number of rotatable bonds is 11. The number of aryl methyl sites for hydroxylation is 2. The predicted molar refractivity (Wildman–Crippen MR) is 124 cm³/mol. The number of aromatic nitrogens is 2. The molecule has 0 aliphatic heterocycles. The van der Waals surface area contributed by atoms with Crippen LogP contribution in [0.4, 0.5) is 5.69 Å². The fourth-order valence-corrected chi connectivity index (χ4v) is 3.85. The largest absolute Gasteiger partial charge is 0.493 e. The molecular formula is C23H28N4O6. The van der Waals surface area contributed by atoms with Crippen LogP contribution in [0.5, 0.6) is 11.5 Å². The van der Waals surface area contributed by atoms with Crippen molar-refractivity contribution in [2.75, 3.05) is 20.8 Å². The molecule has 3 aromatic rings. The number of ether oxygens (including phenoxy) is 2. The summed E-state index contributed by atoms with van der Waals surface area (Å²) in [5.74, 6) is 0.411. The van der Waals surface area contributed by atoms with E-state index in [0.717, 1.165) is 17.5 Å². The van der Waals surface area contributed by atoms with E-state index in [4.69, 9.17) is 9.47 Å². The lowest BCUT2D eigenvalue weighted by molar-refractivity contribution is -0.385. The van der Waals surface area contributed by atoms with E-state index in [1.54, 1.807) is 15.2 Å². The Labute approximate surface area is 190 Å². The summed E-state index contributed by atoms with van der Waals surface area (Å²) in [7, 11) is 2.86. The minimum atomic E-state index is -0.488. The van der Waals surface area contributed by atoms with E-state index in [1.165, 1.54) is 20.3 Å². The van der Waals surface area contributed by atoms with Crippen molar-refractivity contribution < 1.29 is 19.2 Å². The molecule has 0 radical (unpaired) electrons. The molecule has 176 valence electrons. The molecule has 0 spiro atoms. The summed E-state index contributed by atoms with van der Waals surface area (Å²) in [5.41, 5.74) is 1.84. The standard InChI is InChI=1S/C23H28N4O6/c1-4-12-25-17-7-5-6-8-18(17)26(23(25)29)13-10-22(28)24-11-9-16-14-20(32-2)21(33-3)15-19(16)27(30)31/h5-8,14-15H,4,9-13H2,1-3H3,(H,24,28). The van der Waals surface area contributed by atoms with Gasteiger partial charge in [-0.1, -0.05) is 19.1 Å².